The Morgan fingerprint density at radius 2 is 2.33 bits per heavy atom. The zero-order chi connectivity index (χ0) is 8.39. The molecule has 2 rings (SSSR count). The number of hydrogen-bond acceptors (Lipinski definition) is 2. The van der Waals surface area contributed by atoms with Crippen LogP contribution in [0.15, 0.2) is 18.2 Å². The molecule has 0 aliphatic carbocycles. The average Bonchev–Trinajstić information content (AvgIpc) is 2.51. The molecule has 2 aromatic rings. The van der Waals surface area contributed by atoms with Gasteiger partial charge < -0.3 is 0 Å². The fourth-order valence-corrected chi connectivity index (χ4v) is 1.25. The molecule has 0 fully saturated rings. The molecule has 0 saturated heterocycles. The highest BCUT2D eigenvalue weighted by Crippen LogP contribution is 2.11. The van der Waals surface area contributed by atoms with Gasteiger partial charge in [-0.05, 0) is 30.5 Å². The van der Waals surface area contributed by atoms with Crippen molar-refractivity contribution in [1.29, 1.82) is 0 Å². The number of aryl methyl sites for hydroxylation is 1. The monoisotopic (exact) mass is 160 g/mol. The Labute approximate surface area is 70.8 Å². The summed E-state index contributed by atoms with van der Waals surface area (Å²) in [6.07, 6.45) is 1.92. The molecule has 1 radical (unpaired) electrons. The molecule has 12 heavy (non-hydrogen) atoms. The van der Waals surface area contributed by atoms with Crippen molar-refractivity contribution < 1.29 is 0 Å². The smallest absolute Gasteiger partial charge is 0.113 e. The van der Waals surface area contributed by atoms with Gasteiger partial charge in [0.2, 0.25) is 0 Å². The number of aromatic amines is 1. The second-order valence-electron chi connectivity index (χ2n) is 2.77. The van der Waals surface area contributed by atoms with E-state index in [0.717, 1.165) is 23.9 Å². The minimum Gasteiger partial charge on any atom is -0.258 e. The fraction of sp³-hybridized carbons (Fsp3) is 0.222. The van der Waals surface area contributed by atoms with Crippen molar-refractivity contribution in [2.24, 2.45) is 0 Å². The van der Waals surface area contributed by atoms with Crippen LogP contribution < -0.4 is 0 Å². The molecule has 3 nitrogen and oxygen atoms in total. The Morgan fingerprint density at radius 1 is 1.42 bits per heavy atom. The van der Waals surface area contributed by atoms with Crippen LogP contribution in [0.3, 0.4) is 0 Å². The van der Waals surface area contributed by atoms with E-state index < -0.39 is 0 Å². The second-order valence-corrected chi connectivity index (χ2v) is 2.77. The Balaban J connectivity index is 2.46. The summed E-state index contributed by atoms with van der Waals surface area (Å²) in [4.78, 5) is 0. The van der Waals surface area contributed by atoms with Crippen LogP contribution in [-0.4, -0.2) is 15.4 Å². The molecule has 3 heteroatoms. The molecule has 1 N–H and O–H groups in total. The van der Waals surface area contributed by atoms with Gasteiger partial charge >= 0.3 is 0 Å². The molecule has 1 heterocycles. The first-order chi connectivity index (χ1) is 5.90. The van der Waals surface area contributed by atoms with Crippen LogP contribution >= 0.6 is 0 Å². The van der Waals surface area contributed by atoms with E-state index in [0.29, 0.717) is 0 Å². The van der Waals surface area contributed by atoms with Crippen LogP contribution in [-0.2, 0) is 6.42 Å². The maximum atomic E-state index is 3.94. The zero-order valence-electron chi connectivity index (χ0n) is 6.75. The average molecular weight is 160 g/mol. The lowest BCUT2D eigenvalue weighted by Crippen LogP contribution is -1.82. The minimum absolute atomic E-state index is 0.920. The molecule has 0 unspecified atom stereocenters. The predicted octanol–water partition coefficient (Wildman–Crippen LogP) is 1.72. The zero-order valence-corrected chi connectivity index (χ0v) is 6.75. The van der Waals surface area contributed by atoms with E-state index in [1.54, 1.807) is 0 Å². The maximum absolute atomic E-state index is 3.94. The maximum Gasteiger partial charge on any atom is 0.113 e. The van der Waals surface area contributed by atoms with E-state index in [4.69, 9.17) is 0 Å². The molecular formula is C9H10N3. The van der Waals surface area contributed by atoms with Crippen LogP contribution in [0.1, 0.15) is 12.0 Å². The van der Waals surface area contributed by atoms with Crippen molar-refractivity contribution in [2.45, 2.75) is 12.8 Å². The summed E-state index contributed by atoms with van der Waals surface area (Å²) in [5, 5.41) is 10.5. The van der Waals surface area contributed by atoms with E-state index >= 15 is 0 Å². The van der Waals surface area contributed by atoms with Crippen LogP contribution in [0.5, 0.6) is 0 Å². The van der Waals surface area contributed by atoms with Crippen LogP contribution in [0, 0.1) is 6.92 Å². The number of H-pyrrole nitrogens is 1. The quantitative estimate of drug-likeness (QED) is 0.726. The first kappa shape index (κ1) is 7.28. The summed E-state index contributed by atoms with van der Waals surface area (Å²) in [5.74, 6) is 0. The van der Waals surface area contributed by atoms with Crippen molar-refractivity contribution in [1.82, 2.24) is 15.4 Å². The Hall–Kier alpha value is -1.38. The predicted molar refractivity (Wildman–Crippen MR) is 47.6 cm³/mol. The van der Waals surface area contributed by atoms with Gasteiger partial charge in [0.15, 0.2) is 0 Å². The Kier molecular flexibility index (Phi) is 1.78. The highest BCUT2D eigenvalue weighted by molar-refractivity contribution is 5.74. The lowest BCUT2D eigenvalue weighted by atomic mass is 10.1. The normalized spacial score (nSPS) is 10.8. The van der Waals surface area contributed by atoms with Gasteiger partial charge in [0.25, 0.3) is 0 Å². The van der Waals surface area contributed by atoms with Gasteiger partial charge in [-0.15, -0.1) is 5.10 Å². The fourth-order valence-electron chi connectivity index (χ4n) is 1.25. The Morgan fingerprint density at radius 3 is 3.17 bits per heavy atom. The summed E-state index contributed by atoms with van der Waals surface area (Å²) in [5.41, 5.74) is 3.19. The molecule has 0 atom stereocenters. The van der Waals surface area contributed by atoms with Gasteiger partial charge in [0.1, 0.15) is 5.52 Å². The topological polar surface area (TPSA) is 41.6 Å². The van der Waals surface area contributed by atoms with Crippen molar-refractivity contribution in [3.8, 4) is 0 Å². The highest BCUT2D eigenvalue weighted by atomic mass is 15.3. The van der Waals surface area contributed by atoms with Gasteiger partial charge in [-0.2, -0.15) is 0 Å². The van der Waals surface area contributed by atoms with Crippen molar-refractivity contribution in [2.75, 3.05) is 0 Å². The first-order valence-corrected chi connectivity index (χ1v) is 3.99. The standard InChI is InChI=1S/C9H10N3/c1-2-3-7-4-5-8-9(6-7)11-12-10-8/h4-6H,1-3H2,(H,10,11,12). The van der Waals surface area contributed by atoms with Crippen LogP contribution in [0.4, 0.5) is 0 Å². The second kappa shape index (κ2) is 2.93. The highest BCUT2D eigenvalue weighted by Gasteiger charge is 1.97. The third kappa shape index (κ3) is 1.18. The SMILES string of the molecule is [CH2]CCc1ccc2[nH]nnc2c1. The summed E-state index contributed by atoms with van der Waals surface area (Å²) >= 11 is 0. The van der Waals surface area contributed by atoms with Crippen LogP contribution in [0.2, 0.25) is 0 Å². The van der Waals surface area contributed by atoms with E-state index in [1.165, 1.54) is 5.56 Å². The number of nitrogens with one attached hydrogen (secondary N) is 1. The van der Waals surface area contributed by atoms with E-state index in [9.17, 15) is 0 Å². The Bertz CT molecular complexity index is 378. The summed E-state index contributed by atoms with van der Waals surface area (Å²) in [6.45, 7) is 3.80. The number of aromatic nitrogens is 3. The van der Waals surface area contributed by atoms with E-state index in [-0.39, 0.29) is 0 Å². The van der Waals surface area contributed by atoms with Crippen molar-refractivity contribution in [3.05, 3.63) is 30.7 Å². The van der Waals surface area contributed by atoms with E-state index in [1.807, 2.05) is 12.1 Å². The number of benzene rings is 1. The molecule has 61 valence electrons. The molecule has 0 saturated carbocycles. The number of fused-ring (bicyclic) bond motifs is 1. The van der Waals surface area contributed by atoms with Gasteiger partial charge in [-0.3, -0.25) is 5.10 Å². The summed E-state index contributed by atoms with van der Waals surface area (Å²) in [6, 6.07) is 6.12. The van der Waals surface area contributed by atoms with Crippen molar-refractivity contribution >= 4 is 11.0 Å². The third-order valence-electron chi connectivity index (χ3n) is 1.86. The van der Waals surface area contributed by atoms with Gasteiger partial charge in [-0.25, -0.2) is 0 Å². The largest absolute Gasteiger partial charge is 0.258 e. The van der Waals surface area contributed by atoms with Crippen LogP contribution in [0.25, 0.3) is 11.0 Å². The molecule has 1 aromatic heterocycles. The number of hydrogen-bond donors (Lipinski definition) is 1. The number of nitrogens with zero attached hydrogens (tertiary/aromatic N) is 2. The van der Waals surface area contributed by atoms with Crippen molar-refractivity contribution in [3.63, 3.8) is 0 Å². The third-order valence-corrected chi connectivity index (χ3v) is 1.86. The molecular weight excluding hydrogens is 150 g/mol. The molecule has 0 amide bonds. The molecule has 0 spiro atoms. The minimum atomic E-state index is 0.920. The molecule has 0 aliphatic heterocycles. The lowest BCUT2D eigenvalue weighted by Gasteiger charge is -1.95. The molecule has 1 aromatic carbocycles. The molecule has 0 aliphatic rings. The molecule has 0 bridgehead atoms. The summed E-state index contributed by atoms with van der Waals surface area (Å²) in [7, 11) is 0. The van der Waals surface area contributed by atoms with Gasteiger partial charge in [-0.1, -0.05) is 18.2 Å². The van der Waals surface area contributed by atoms with E-state index in [2.05, 4.69) is 28.4 Å². The number of rotatable bonds is 2. The summed E-state index contributed by atoms with van der Waals surface area (Å²) < 4.78 is 0. The lowest BCUT2D eigenvalue weighted by molar-refractivity contribution is 0.958. The first-order valence-electron chi connectivity index (χ1n) is 3.99. The van der Waals surface area contributed by atoms with Gasteiger partial charge in [0, 0.05) is 0 Å². The van der Waals surface area contributed by atoms with Gasteiger partial charge in [0.05, 0.1) is 5.52 Å².